The van der Waals surface area contributed by atoms with Crippen LogP contribution < -0.4 is 4.74 Å². The summed E-state index contributed by atoms with van der Waals surface area (Å²) in [6, 6.07) is 2.00. The van der Waals surface area contributed by atoms with Crippen molar-refractivity contribution in [1.82, 2.24) is 0 Å². The molecular weight excluding hydrogens is 224 g/mol. The summed E-state index contributed by atoms with van der Waals surface area (Å²) in [7, 11) is 1.63. The van der Waals surface area contributed by atoms with Gasteiger partial charge >= 0.3 is 0 Å². The van der Waals surface area contributed by atoms with Crippen LogP contribution in [0.5, 0.6) is 5.75 Å². The van der Waals surface area contributed by atoms with Crippen molar-refractivity contribution in [1.29, 1.82) is 0 Å². The molecule has 0 aliphatic carbocycles. The van der Waals surface area contributed by atoms with E-state index in [9.17, 15) is 5.11 Å². The summed E-state index contributed by atoms with van der Waals surface area (Å²) in [5.41, 5.74) is 2.54. The fourth-order valence-corrected chi connectivity index (χ4v) is 2.29. The van der Waals surface area contributed by atoms with Gasteiger partial charge in [-0.15, -0.1) is 0 Å². The van der Waals surface area contributed by atoms with Crippen LogP contribution in [0.15, 0.2) is 6.07 Å². The molecule has 0 saturated heterocycles. The predicted octanol–water partition coefficient (Wildman–Crippen LogP) is 3.24. The molecule has 0 fully saturated rings. The molecule has 0 radical (unpaired) electrons. The molecule has 0 bridgehead atoms. The molecule has 0 aliphatic rings. The topological polar surface area (TPSA) is 29.5 Å². The zero-order valence-electron chi connectivity index (χ0n) is 10.5. The first-order valence-corrected chi connectivity index (χ1v) is 5.68. The Balaban J connectivity index is 3.57. The normalized spacial score (nSPS) is 11.7. The monoisotopic (exact) mass is 242 g/mol. The lowest BCUT2D eigenvalue weighted by Crippen LogP contribution is -2.24. The van der Waals surface area contributed by atoms with Crippen LogP contribution in [0.3, 0.4) is 0 Å². The highest BCUT2D eigenvalue weighted by molar-refractivity contribution is 6.32. The Kier molecular flexibility index (Phi) is 3.87. The summed E-state index contributed by atoms with van der Waals surface area (Å²) in [5.74, 6) is 0.773. The molecule has 0 spiro atoms. The van der Waals surface area contributed by atoms with E-state index >= 15 is 0 Å². The molecule has 0 atom stereocenters. The number of halogens is 1. The molecule has 0 saturated carbocycles. The third-order valence-electron chi connectivity index (χ3n) is 2.86. The highest BCUT2D eigenvalue weighted by Crippen LogP contribution is 2.40. The number of aliphatic hydroxyl groups excluding tert-OH is 1. The molecule has 0 aromatic heterocycles. The minimum Gasteiger partial charge on any atom is -0.496 e. The maximum atomic E-state index is 9.46. The average Bonchev–Trinajstić information content (AvgIpc) is 2.22. The predicted molar refractivity (Wildman–Crippen MR) is 67.6 cm³/mol. The second-order valence-electron chi connectivity index (χ2n) is 4.77. The first-order chi connectivity index (χ1) is 7.35. The van der Waals surface area contributed by atoms with E-state index < -0.39 is 5.41 Å². The van der Waals surface area contributed by atoms with Gasteiger partial charge in [0.1, 0.15) is 5.75 Å². The summed E-state index contributed by atoms with van der Waals surface area (Å²) in [6.07, 6.45) is 0. The largest absolute Gasteiger partial charge is 0.496 e. The van der Waals surface area contributed by atoms with Gasteiger partial charge in [-0.1, -0.05) is 31.5 Å². The summed E-state index contributed by atoms with van der Waals surface area (Å²) in [6.45, 7) is 7.89. The maximum absolute atomic E-state index is 9.46. The van der Waals surface area contributed by atoms with E-state index in [0.29, 0.717) is 5.02 Å². The van der Waals surface area contributed by atoms with Gasteiger partial charge in [0.25, 0.3) is 0 Å². The van der Waals surface area contributed by atoms with Crippen LogP contribution in [0, 0.1) is 13.8 Å². The van der Waals surface area contributed by atoms with Crippen LogP contribution in [0.25, 0.3) is 0 Å². The van der Waals surface area contributed by atoms with E-state index in [0.717, 1.165) is 22.4 Å². The fourth-order valence-electron chi connectivity index (χ4n) is 1.89. The van der Waals surface area contributed by atoms with Gasteiger partial charge in [0.15, 0.2) is 0 Å². The highest BCUT2D eigenvalue weighted by Gasteiger charge is 2.28. The van der Waals surface area contributed by atoms with Gasteiger partial charge in [0.05, 0.1) is 18.7 Å². The SMILES string of the molecule is COc1c(C)cc(C)c(Cl)c1C(C)(C)CO. The zero-order chi connectivity index (χ0) is 12.5. The highest BCUT2D eigenvalue weighted by atomic mass is 35.5. The van der Waals surface area contributed by atoms with Gasteiger partial charge in [0.2, 0.25) is 0 Å². The quantitative estimate of drug-likeness (QED) is 0.882. The molecule has 0 aliphatic heterocycles. The summed E-state index contributed by atoms with van der Waals surface area (Å²) < 4.78 is 5.40. The summed E-state index contributed by atoms with van der Waals surface area (Å²) >= 11 is 6.32. The number of ether oxygens (including phenoxy) is 1. The zero-order valence-corrected chi connectivity index (χ0v) is 11.3. The van der Waals surface area contributed by atoms with E-state index in [4.69, 9.17) is 16.3 Å². The number of hydrogen-bond acceptors (Lipinski definition) is 2. The smallest absolute Gasteiger partial charge is 0.127 e. The van der Waals surface area contributed by atoms with Gasteiger partial charge in [-0.3, -0.25) is 0 Å². The van der Waals surface area contributed by atoms with Crippen molar-refractivity contribution in [2.75, 3.05) is 13.7 Å². The number of aryl methyl sites for hydroxylation is 2. The van der Waals surface area contributed by atoms with E-state index in [1.54, 1.807) is 7.11 Å². The Labute approximate surface area is 102 Å². The van der Waals surface area contributed by atoms with Crippen LogP contribution in [0.1, 0.15) is 30.5 Å². The standard InChI is InChI=1S/C13H19ClO2/c1-8-6-9(2)12(16-5)10(11(8)14)13(3,4)7-15/h6,15H,7H2,1-5H3. The Morgan fingerprint density at radius 2 is 1.88 bits per heavy atom. The first kappa shape index (κ1) is 13.3. The molecule has 1 N–H and O–H groups in total. The average molecular weight is 243 g/mol. The molecule has 3 heteroatoms. The molecule has 0 unspecified atom stereocenters. The second kappa shape index (κ2) is 4.64. The Morgan fingerprint density at radius 1 is 1.31 bits per heavy atom. The Morgan fingerprint density at radius 3 is 2.31 bits per heavy atom. The summed E-state index contributed by atoms with van der Waals surface area (Å²) in [4.78, 5) is 0. The van der Waals surface area contributed by atoms with Gasteiger partial charge in [-0.05, 0) is 25.0 Å². The van der Waals surface area contributed by atoms with Crippen molar-refractivity contribution in [3.63, 3.8) is 0 Å². The van der Waals surface area contributed by atoms with Crippen molar-refractivity contribution < 1.29 is 9.84 Å². The van der Waals surface area contributed by atoms with Crippen LogP contribution in [-0.4, -0.2) is 18.8 Å². The molecular formula is C13H19ClO2. The van der Waals surface area contributed by atoms with E-state index in [1.807, 2.05) is 33.8 Å². The van der Waals surface area contributed by atoms with Gasteiger partial charge in [-0.2, -0.15) is 0 Å². The van der Waals surface area contributed by atoms with Crippen LogP contribution in [-0.2, 0) is 5.41 Å². The van der Waals surface area contributed by atoms with Gasteiger partial charge in [0, 0.05) is 11.0 Å². The lowest BCUT2D eigenvalue weighted by atomic mass is 9.83. The lowest BCUT2D eigenvalue weighted by Gasteiger charge is -2.27. The Bertz CT molecular complexity index is 397. The molecule has 90 valence electrons. The molecule has 0 heterocycles. The third kappa shape index (κ3) is 2.18. The molecule has 16 heavy (non-hydrogen) atoms. The van der Waals surface area contributed by atoms with E-state index in [2.05, 4.69) is 0 Å². The third-order valence-corrected chi connectivity index (χ3v) is 3.35. The molecule has 1 rings (SSSR count). The minimum atomic E-state index is -0.404. The lowest BCUT2D eigenvalue weighted by molar-refractivity contribution is 0.214. The maximum Gasteiger partial charge on any atom is 0.127 e. The van der Waals surface area contributed by atoms with Crippen LogP contribution >= 0.6 is 11.6 Å². The van der Waals surface area contributed by atoms with Gasteiger partial charge in [-0.25, -0.2) is 0 Å². The number of methoxy groups -OCH3 is 1. The first-order valence-electron chi connectivity index (χ1n) is 5.30. The molecule has 0 amide bonds. The number of hydrogen-bond donors (Lipinski definition) is 1. The molecule has 2 nitrogen and oxygen atoms in total. The van der Waals surface area contributed by atoms with Crippen molar-refractivity contribution in [2.45, 2.75) is 33.1 Å². The molecule has 1 aromatic carbocycles. The summed E-state index contributed by atoms with van der Waals surface area (Å²) in [5, 5.41) is 10.1. The van der Waals surface area contributed by atoms with Gasteiger partial charge < -0.3 is 9.84 Å². The number of benzene rings is 1. The second-order valence-corrected chi connectivity index (χ2v) is 5.15. The van der Waals surface area contributed by atoms with E-state index in [-0.39, 0.29) is 6.61 Å². The number of rotatable bonds is 3. The van der Waals surface area contributed by atoms with Crippen LogP contribution in [0.4, 0.5) is 0 Å². The Hall–Kier alpha value is -0.730. The number of aliphatic hydroxyl groups is 1. The van der Waals surface area contributed by atoms with Crippen LogP contribution in [0.2, 0.25) is 5.02 Å². The fraction of sp³-hybridized carbons (Fsp3) is 0.538. The molecule has 1 aromatic rings. The van der Waals surface area contributed by atoms with Crippen molar-refractivity contribution in [3.8, 4) is 5.75 Å². The van der Waals surface area contributed by atoms with Crippen molar-refractivity contribution >= 4 is 11.6 Å². The van der Waals surface area contributed by atoms with E-state index in [1.165, 1.54) is 0 Å². The van der Waals surface area contributed by atoms with Crippen molar-refractivity contribution in [3.05, 3.63) is 27.8 Å². The van der Waals surface area contributed by atoms with Crippen molar-refractivity contribution in [2.24, 2.45) is 0 Å². The minimum absolute atomic E-state index is 0.0337.